The Morgan fingerprint density at radius 2 is 2.43 bits per heavy atom. The molecule has 1 aliphatic rings. The molecule has 0 bridgehead atoms. The van der Waals surface area contributed by atoms with Gasteiger partial charge in [-0.1, -0.05) is 0 Å². The number of nitrogens with two attached hydrogens (primary N) is 1. The average Bonchev–Trinajstić information content (AvgIpc) is 2.02. The minimum atomic E-state index is -0.427. The quantitative estimate of drug-likeness (QED) is 0.687. The van der Waals surface area contributed by atoms with E-state index in [1.54, 1.807) is 6.92 Å². The van der Waals surface area contributed by atoms with E-state index in [1.165, 1.54) is 0 Å². The van der Waals surface area contributed by atoms with Crippen LogP contribution in [0.3, 0.4) is 0 Å². The zero-order valence-electron chi connectivity index (χ0n) is 8.91. The van der Waals surface area contributed by atoms with Crippen LogP contribution in [-0.2, 0) is 14.3 Å². The Morgan fingerprint density at radius 3 is 3.00 bits per heavy atom. The number of esters is 1. The molecule has 1 fully saturated rings. The van der Waals surface area contributed by atoms with Crippen LogP contribution in [0, 0.1) is 0 Å². The lowest BCUT2D eigenvalue weighted by molar-refractivity contribution is -0.145. The minimum Gasteiger partial charge on any atom is -0.466 e. The summed E-state index contributed by atoms with van der Waals surface area (Å²) in [6, 6.07) is 0. The molecule has 1 rings (SSSR count). The van der Waals surface area contributed by atoms with Crippen LogP contribution in [0.1, 0.15) is 33.1 Å². The standard InChI is InChI=1S/C10H19NO3/c1-3-13-9(12)7-10(11)4-5-14-8(2)6-10/h8H,3-7,11H2,1-2H3. The SMILES string of the molecule is CCOC(=O)CC1(N)CCOC(C)C1. The highest BCUT2D eigenvalue weighted by atomic mass is 16.5. The smallest absolute Gasteiger partial charge is 0.307 e. The van der Waals surface area contributed by atoms with Crippen molar-refractivity contribution in [3.05, 3.63) is 0 Å². The van der Waals surface area contributed by atoms with E-state index in [4.69, 9.17) is 15.2 Å². The highest BCUT2D eigenvalue weighted by Gasteiger charge is 2.34. The topological polar surface area (TPSA) is 61.5 Å². The van der Waals surface area contributed by atoms with Gasteiger partial charge in [0.1, 0.15) is 0 Å². The zero-order chi connectivity index (χ0) is 10.6. The van der Waals surface area contributed by atoms with Gasteiger partial charge in [-0.25, -0.2) is 0 Å². The number of hydrogen-bond acceptors (Lipinski definition) is 4. The summed E-state index contributed by atoms with van der Waals surface area (Å²) in [6.07, 6.45) is 1.90. The molecule has 14 heavy (non-hydrogen) atoms. The predicted octanol–water partition coefficient (Wildman–Crippen LogP) is 0.836. The van der Waals surface area contributed by atoms with Crippen molar-refractivity contribution in [3.63, 3.8) is 0 Å². The van der Waals surface area contributed by atoms with E-state index in [0.29, 0.717) is 19.6 Å². The van der Waals surface area contributed by atoms with Crippen molar-refractivity contribution in [1.29, 1.82) is 0 Å². The van der Waals surface area contributed by atoms with Crippen molar-refractivity contribution in [3.8, 4) is 0 Å². The van der Waals surface area contributed by atoms with E-state index in [-0.39, 0.29) is 12.1 Å². The van der Waals surface area contributed by atoms with Gasteiger partial charge in [0.2, 0.25) is 0 Å². The van der Waals surface area contributed by atoms with Gasteiger partial charge in [0.05, 0.1) is 19.1 Å². The van der Waals surface area contributed by atoms with E-state index in [9.17, 15) is 4.79 Å². The molecule has 0 spiro atoms. The molecule has 2 atom stereocenters. The lowest BCUT2D eigenvalue weighted by Gasteiger charge is -2.35. The van der Waals surface area contributed by atoms with Crippen LogP contribution in [0.15, 0.2) is 0 Å². The third-order valence-corrected chi connectivity index (χ3v) is 2.50. The van der Waals surface area contributed by atoms with Gasteiger partial charge in [-0.05, 0) is 26.7 Å². The molecule has 82 valence electrons. The molecule has 0 aromatic rings. The number of carbonyl (C=O) groups excluding carboxylic acids is 1. The van der Waals surface area contributed by atoms with Gasteiger partial charge in [-0.15, -0.1) is 0 Å². The van der Waals surface area contributed by atoms with E-state index in [1.807, 2.05) is 6.92 Å². The van der Waals surface area contributed by atoms with Gasteiger partial charge in [-0.3, -0.25) is 4.79 Å². The summed E-state index contributed by atoms with van der Waals surface area (Å²) in [5.74, 6) is -0.205. The maximum atomic E-state index is 11.3. The molecule has 0 aromatic carbocycles. The molecule has 2 N–H and O–H groups in total. The van der Waals surface area contributed by atoms with Crippen LogP contribution >= 0.6 is 0 Å². The second-order valence-corrected chi connectivity index (χ2v) is 3.98. The van der Waals surface area contributed by atoms with Crippen LogP contribution in [0.25, 0.3) is 0 Å². The maximum absolute atomic E-state index is 11.3. The van der Waals surface area contributed by atoms with Crippen molar-refractivity contribution in [2.24, 2.45) is 5.73 Å². The molecule has 4 nitrogen and oxygen atoms in total. The lowest BCUT2D eigenvalue weighted by atomic mass is 9.85. The van der Waals surface area contributed by atoms with Gasteiger partial charge >= 0.3 is 5.97 Å². The Labute approximate surface area is 84.7 Å². The summed E-state index contributed by atoms with van der Waals surface area (Å²) in [7, 11) is 0. The predicted molar refractivity (Wildman–Crippen MR) is 52.8 cm³/mol. The van der Waals surface area contributed by atoms with Crippen LogP contribution < -0.4 is 5.73 Å². The second kappa shape index (κ2) is 4.75. The van der Waals surface area contributed by atoms with Crippen LogP contribution in [0.4, 0.5) is 0 Å². The fourth-order valence-corrected chi connectivity index (χ4v) is 1.86. The second-order valence-electron chi connectivity index (χ2n) is 3.98. The first-order valence-corrected chi connectivity index (χ1v) is 5.12. The molecule has 4 heteroatoms. The van der Waals surface area contributed by atoms with Gasteiger partial charge in [0, 0.05) is 12.1 Å². The fourth-order valence-electron chi connectivity index (χ4n) is 1.86. The molecule has 1 aliphatic heterocycles. The third kappa shape index (κ3) is 3.27. The summed E-state index contributed by atoms with van der Waals surface area (Å²) >= 11 is 0. The Morgan fingerprint density at radius 1 is 1.71 bits per heavy atom. The molecule has 2 unspecified atom stereocenters. The summed E-state index contributed by atoms with van der Waals surface area (Å²) in [6.45, 7) is 4.83. The molecule has 1 saturated heterocycles. The van der Waals surface area contributed by atoms with Gasteiger partial charge in [0.15, 0.2) is 0 Å². The number of hydrogen-bond donors (Lipinski definition) is 1. The number of carbonyl (C=O) groups is 1. The first kappa shape index (κ1) is 11.5. The van der Waals surface area contributed by atoms with Crippen LogP contribution in [-0.4, -0.2) is 30.8 Å². The molecule has 1 heterocycles. The largest absolute Gasteiger partial charge is 0.466 e. The minimum absolute atomic E-state index is 0.142. The van der Waals surface area contributed by atoms with Crippen molar-refractivity contribution >= 4 is 5.97 Å². The summed E-state index contributed by atoms with van der Waals surface area (Å²) in [4.78, 5) is 11.3. The molecule has 0 radical (unpaired) electrons. The van der Waals surface area contributed by atoms with E-state index in [0.717, 1.165) is 12.8 Å². The lowest BCUT2D eigenvalue weighted by Crippen LogP contribution is -2.49. The first-order chi connectivity index (χ1) is 6.56. The average molecular weight is 201 g/mol. The van der Waals surface area contributed by atoms with Crippen LogP contribution in [0.2, 0.25) is 0 Å². The third-order valence-electron chi connectivity index (χ3n) is 2.50. The molecule has 0 amide bonds. The number of ether oxygens (including phenoxy) is 2. The van der Waals surface area contributed by atoms with Crippen molar-refractivity contribution in [1.82, 2.24) is 0 Å². The number of rotatable bonds is 3. The van der Waals surface area contributed by atoms with Gasteiger partial charge in [-0.2, -0.15) is 0 Å². The van der Waals surface area contributed by atoms with Crippen molar-refractivity contribution < 1.29 is 14.3 Å². The highest BCUT2D eigenvalue weighted by molar-refractivity contribution is 5.70. The zero-order valence-corrected chi connectivity index (χ0v) is 8.91. The molecular formula is C10H19NO3. The first-order valence-electron chi connectivity index (χ1n) is 5.12. The Kier molecular flexibility index (Phi) is 3.89. The Hall–Kier alpha value is -0.610. The molecule has 0 aliphatic carbocycles. The molecule has 0 aromatic heterocycles. The normalized spacial score (nSPS) is 32.6. The Balaban J connectivity index is 2.43. The summed E-state index contributed by atoms with van der Waals surface area (Å²) in [5.41, 5.74) is 5.67. The maximum Gasteiger partial charge on any atom is 0.307 e. The highest BCUT2D eigenvalue weighted by Crippen LogP contribution is 2.25. The summed E-state index contributed by atoms with van der Waals surface area (Å²) < 4.78 is 10.3. The van der Waals surface area contributed by atoms with Crippen molar-refractivity contribution in [2.75, 3.05) is 13.2 Å². The molecule has 0 saturated carbocycles. The Bertz CT molecular complexity index is 208. The van der Waals surface area contributed by atoms with E-state index >= 15 is 0 Å². The van der Waals surface area contributed by atoms with Crippen LogP contribution in [0.5, 0.6) is 0 Å². The van der Waals surface area contributed by atoms with Gasteiger partial charge < -0.3 is 15.2 Å². The van der Waals surface area contributed by atoms with E-state index in [2.05, 4.69) is 0 Å². The van der Waals surface area contributed by atoms with Crippen molar-refractivity contribution in [2.45, 2.75) is 44.8 Å². The molecular weight excluding hydrogens is 182 g/mol. The summed E-state index contributed by atoms with van der Waals surface area (Å²) in [5, 5.41) is 0. The monoisotopic (exact) mass is 201 g/mol. The van der Waals surface area contributed by atoms with E-state index < -0.39 is 5.54 Å². The fraction of sp³-hybridized carbons (Fsp3) is 0.900. The van der Waals surface area contributed by atoms with Gasteiger partial charge in [0.25, 0.3) is 0 Å².